The van der Waals surface area contributed by atoms with Crippen molar-refractivity contribution in [3.8, 4) is 0 Å². The molecule has 1 heterocycles. The van der Waals surface area contributed by atoms with Gasteiger partial charge in [-0.05, 0) is 59.3 Å². The number of carbonyl (C=O) groups excluding carboxylic acids is 9. The molecule has 67 heavy (non-hydrogen) atoms. The number of aliphatic hydroxyl groups excluding tert-OH is 3. The summed E-state index contributed by atoms with van der Waals surface area (Å²) in [4.78, 5) is 150. The molecule has 0 aromatic heterocycles. The molecule has 0 aliphatic carbocycles. The molecule has 0 aromatic carbocycles. The van der Waals surface area contributed by atoms with Crippen LogP contribution >= 0.6 is 0 Å². The Balaban J connectivity index is 0.0000104. The van der Waals surface area contributed by atoms with E-state index in [0.717, 1.165) is 13.8 Å². The Morgan fingerprint density at radius 1 is 0.612 bits per heavy atom. The molecule has 9 amide bonds. The fraction of sp³-hybridized carbons (Fsp3) is 0.692. The number of carbonyl (C=O) groups is 12. The molecule has 1 aliphatic rings. The average molecular weight is 963 g/mol. The minimum Gasteiger partial charge on any atom is -0.481 e. The van der Waals surface area contributed by atoms with E-state index in [1.54, 1.807) is 13.8 Å². The summed E-state index contributed by atoms with van der Waals surface area (Å²) in [6, 6.07) is -13.4. The van der Waals surface area contributed by atoms with Gasteiger partial charge in [-0.1, -0.05) is 13.8 Å². The maximum absolute atomic E-state index is 13.6. The Morgan fingerprint density at radius 3 is 1.52 bits per heavy atom. The first-order chi connectivity index (χ1) is 31.0. The molecular formula is C39H66N10O18. The van der Waals surface area contributed by atoms with Crippen molar-refractivity contribution < 1.29 is 88.2 Å². The lowest BCUT2D eigenvalue weighted by Gasteiger charge is -2.30. The lowest BCUT2D eigenvalue weighted by molar-refractivity contribution is -0.144. The van der Waals surface area contributed by atoms with Crippen LogP contribution in [-0.2, 0) is 57.5 Å². The van der Waals surface area contributed by atoms with Crippen LogP contribution in [0.4, 0.5) is 0 Å². The van der Waals surface area contributed by atoms with Gasteiger partial charge in [-0.3, -0.25) is 57.5 Å². The zero-order valence-corrected chi connectivity index (χ0v) is 38.3. The van der Waals surface area contributed by atoms with E-state index >= 15 is 0 Å². The first-order valence-electron chi connectivity index (χ1n) is 21.0. The number of likely N-dealkylation sites (tertiary alicyclic amines) is 1. The predicted molar refractivity (Wildman–Crippen MR) is 229 cm³/mol. The van der Waals surface area contributed by atoms with Crippen molar-refractivity contribution in [2.75, 3.05) is 13.2 Å². The van der Waals surface area contributed by atoms with Crippen molar-refractivity contribution in [3.63, 3.8) is 0 Å². The van der Waals surface area contributed by atoms with Crippen LogP contribution in [0, 0.1) is 5.92 Å². The standard InChI is InChI=1S/C37H62N10O16.C2H4O2/c1-15(2)27(34(59)40-16(3)36(61)47-13-7-8-23(47)32(57)41-17(4)37(62)63)45-29(54)20(9-11-24(38)51)42-31(56)22(14-48)44-35(60)28(19(6)50)46-30(55)21(10-12-25(52)53)43-33(58)26(39)18(5)49;1-2(3)4/h15-23,26-28,48-50H,7-14,39H2,1-6H3,(H2,38,51)(H,40,59)(H,41,57)(H,42,56)(H,43,58)(H,44,60)(H,45,54)(H,46,55)(H,52,53)(H,62,63);1H3,(H,3,4)/t16-,17-,18+,19+,20-,21-,22-,23-,26-,27-,28-;/m0./s1. The number of hydrogen-bond acceptors (Lipinski definition) is 16. The Hall–Kier alpha value is -6.52. The number of nitrogens with zero attached hydrogens (tertiary/aromatic N) is 1. The summed E-state index contributed by atoms with van der Waals surface area (Å²) in [7, 11) is 0. The summed E-state index contributed by atoms with van der Waals surface area (Å²) in [6.07, 6.45) is -4.51. The summed E-state index contributed by atoms with van der Waals surface area (Å²) in [5.41, 5.74) is 10.9. The predicted octanol–water partition coefficient (Wildman–Crippen LogP) is -6.55. The third kappa shape index (κ3) is 21.6. The van der Waals surface area contributed by atoms with Crippen LogP contribution < -0.4 is 48.7 Å². The molecule has 1 saturated heterocycles. The molecule has 380 valence electrons. The van der Waals surface area contributed by atoms with Gasteiger partial charge in [-0.15, -0.1) is 0 Å². The first-order valence-corrected chi connectivity index (χ1v) is 21.0. The minimum atomic E-state index is -1.89. The highest BCUT2D eigenvalue weighted by Gasteiger charge is 2.39. The molecule has 1 rings (SSSR count). The third-order valence-electron chi connectivity index (χ3n) is 9.84. The van der Waals surface area contributed by atoms with Crippen molar-refractivity contribution in [1.82, 2.24) is 42.1 Å². The number of carboxylic acids is 3. The van der Waals surface area contributed by atoms with E-state index < -0.39 is 176 Å². The van der Waals surface area contributed by atoms with Gasteiger partial charge in [0.15, 0.2) is 0 Å². The van der Waals surface area contributed by atoms with Crippen molar-refractivity contribution in [3.05, 3.63) is 0 Å². The van der Waals surface area contributed by atoms with Gasteiger partial charge in [-0.2, -0.15) is 0 Å². The number of aliphatic hydroxyl groups is 3. The lowest BCUT2D eigenvalue weighted by Crippen LogP contribution is -2.62. The smallest absolute Gasteiger partial charge is 0.325 e. The topological polar surface area (TPSA) is 466 Å². The molecule has 0 spiro atoms. The number of rotatable bonds is 26. The number of nitrogens with one attached hydrogen (secondary N) is 7. The van der Waals surface area contributed by atoms with E-state index in [1.165, 1.54) is 25.7 Å². The van der Waals surface area contributed by atoms with E-state index in [9.17, 15) is 68.1 Å². The molecule has 0 radical (unpaired) electrons. The zero-order chi connectivity index (χ0) is 52.0. The number of nitrogens with two attached hydrogens (primary N) is 2. The molecule has 0 bridgehead atoms. The van der Waals surface area contributed by atoms with Gasteiger partial charge >= 0.3 is 11.9 Å². The highest BCUT2D eigenvalue weighted by atomic mass is 16.4. The fourth-order valence-corrected chi connectivity index (χ4v) is 6.04. The highest BCUT2D eigenvalue weighted by molar-refractivity contribution is 5.98. The molecular weight excluding hydrogens is 896 g/mol. The Labute approximate surface area is 385 Å². The second-order valence-corrected chi connectivity index (χ2v) is 16.0. The lowest BCUT2D eigenvalue weighted by atomic mass is 10.0. The molecule has 1 aliphatic heterocycles. The van der Waals surface area contributed by atoms with E-state index in [-0.39, 0.29) is 13.0 Å². The number of primary amides is 1. The maximum Gasteiger partial charge on any atom is 0.325 e. The van der Waals surface area contributed by atoms with Crippen LogP contribution in [0.2, 0.25) is 0 Å². The summed E-state index contributed by atoms with van der Waals surface area (Å²) in [6.45, 7) is 8.02. The first kappa shape index (κ1) is 60.5. The third-order valence-corrected chi connectivity index (χ3v) is 9.84. The van der Waals surface area contributed by atoms with Crippen LogP contribution in [0.3, 0.4) is 0 Å². The molecule has 17 N–H and O–H groups in total. The fourth-order valence-electron chi connectivity index (χ4n) is 6.04. The number of amides is 9. The summed E-state index contributed by atoms with van der Waals surface area (Å²) in [5.74, 6) is -13.0. The van der Waals surface area contributed by atoms with E-state index in [2.05, 4.69) is 37.2 Å². The monoisotopic (exact) mass is 962 g/mol. The number of hydrogen-bond donors (Lipinski definition) is 15. The molecule has 0 aromatic rings. The molecule has 11 atom stereocenters. The quantitative estimate of drug-likeness (QED) is 0.0383. The summed E-state index contributed by atoms with van der Waals surface area (Å²) in [5, 5.41) is 71.7. The van der Waals surface area contributed by atoms with Crippen LogP contribution in [0.1, 0.15) is 87.0 Å². The minimum absolute atomic E-state index is 0.142. The van der Waals surface area contributed by atoms with Gasteiger partial charge in [0.2, 0.25) is 53.2 Å². The normalized spacial score (nSPS) is 17.6. The van der Waals surface area contributed by atoms with Gasteiger partial charge in [0.05, 0.1) is 18.8 Å². The van der Waals surface area contributed by atoms with E-state index in [4.69, 9.17) is 31.6 Å². The highest BCUT2D eigenvalue weighted by Crippen LogP contribution is 2.19. The second-order valence-electron chi connectivity index (χ2n) is 16.0. The Kier molecular flexibility index (Phi) is 26.3. The molecule has 0 unspecified atom stereocenters. The van der Waals surface area contributed by atoms with Gasteiger partial charge in [-0.25, -0.2) is 0 Å². The molecule has 28 nitrogen and oxygen atoms in total. The van der Waals surface area contributed by atoms with Crippen LogP contribution in [0.25, 0.3) is 0 Å². The Bertz CT molecular complexity index is 1790. The van der Waals surface area contributed by atoms with Gasteiger partial charge < -0.3 is 84.2 Å². The zero-order valence-electron chi connectivity index (χ0n) is 38.3. The van der Waals surface area contributed by atoms with Gasteiger partial charge in [0, 0.05) is 26.3 Å². The SMILES string of the molecule is CC(=O)O.CC(C)[C@H](NC(=O)[C@H](CCC(N)=O)NC(=O)[C@H](CO)NC(=O)[C@@H](NC(=O)[C@H](CCC(=O)O)NC(=O)[C@@H](N)[C@@H](C)O)[C@@H](C)O)C(=O)N[C@@H](C)C(=O)N1CCC[C@H]1C(=O)N[C@@H](C)C(=O)O. The van der Waals surface area contributed by atoms with Crippen molar-refractivity contribution in [1.29, 1.82) is 0 Å². The maximum atomic E-state index is 13.6. The van der Waals surface area contributed by atoms with E-state index in [0.29, 0.717) is 6.42 Å². The van der Waals surface area contributed by atoms with Crippen molar-refractivity contribution in [2.24, 2.45) is 17.4 Å². The Morgan fingerprint density at radius 2 is 1.07 bits per heavy atom. The summed E-state index contributed by atoms with van der Waals surface area (Å²) >= 11 is 0. The van der Waals surface area contributed by atoms with Gasteiger partial charge in [0.25, 0.3) is 5.97 Å². The van der Waals surface area contributed by atoms with E-state index in [1.807, 2.05) is 0 Å². The average Bonchev–Trinajstić information content (AvgIpc) is 3.72. The second kappa shape index (κ2) is 29.2. The number of carboxylic acid groups (broad SMARTS) is 3. The van der Waals surface area contributed by atoms with Crippen LogP contribution in [-0.4, -0.2) is 186 Å². The van der Waals surface area contributed by atoms with Crippen molar-refractivity contribution in [2.45, 2.75) is 154 Å². The molecule has 1 fully saturated rings. The molecule has 28 heteroatoms. The largest absolute Gasteiger partial charge is 0.481 e. The van der Waals surface area contributed by atoms with Crippen LogP contribution in [0.5, 0.6) is 0 Å². The van der Waals surface area contributed by atoms with Gasteiger partial charge in [0.1, 0.15) is 54.4 Å². The summed E-state index contributed by atoms with van der Waals surface area (Å²) < 4.78 is 0. The number of aliphatic carboxylic acids is 3. The molecule has 0 saturated carbocycles. The van der Waals surface area contributed by atoms with Crippen LogP contribution in [0.15, 0.2) is 0 Å². The van der Waals surface area contributed by atoms with Crippen molar-refractivity contribution >= 4 is 71.1 Å².